The van der Waals surface area contributed by atoms with Gasteiger partial charge in [-0.2, -0.15) is 0 Å². The standard InChI is InChI=1S/C23H27N3O2S/c1-4-25(5-2)15-16-26(22(27)14-11-18-9-7-6-8-10-18)23-24-20-17-19(28-3)12-13-21(20)29-23/h6-14,17H,4-5,15-16H2,1-3H3/p+1/b14-11+. The number of rotatable bonds is 9. The van der Waals surface area contributed by atoms with Gasteiger partial charge in [0.05, 0.1) is 43.5 Å². The van der Waals surface area contributed by atoms with Crippen molar-refractivity contribution in [2.75, 3.05) is 38.2 Å². The molecule has 0 bridgehead atoms. The second-order valence-electron chi connectivity index (χ2n) is 6.77. The van der Waals surface area contributed by atoms with Gasteiger partial charge in [0.25, 0.3) is 5.91 Å². The van der Waals surface area contributed by atoms with Crippen LogP contribution in [0.1, 0.15) is 19.4 Å². The predicted octanol–water partition coefficient (Wildman–Crippen LogP) is 3.28. The predicted molar refractivity (Wildman–Crippen MR) is 121 cm³/mol. The summed E-state index contributed by atoms with van der Waals surface area (Å²) in [7, 11) is 1.64. The number of likely N-dealkylation sites (N-methyl/N-ethyl adjacent to an activating group) is 1. The van der Waals surface area contributed by atoms with Crippen LogP contribution in [0.2, 0.25) is 0 Å². The van der Waals surface area contributed by atoms with Crippen molar-refractivity contribution >= 4 is 38.7 Å². The summed E-state index contributed by atoms with van der Waals surface area (Å²) in [5, 5.41) is 0.725. The maximum Gasteiger partial charge on any atom is 0.252 e. The lowest BCUT2D eigenvalue weighted by atomic mass is 10.2. The molecule has 5 nitrogen and oxygen atoms in total. The number of hydrogen-bond acceptors (Lipinski definition) is 4. The van der Waals surface area contributed by atoms with Gasteiger partial charge in [0.1, 0.15) is 5.75 Å². The van der Waals surface area contributed by atoms with Gasteiger partial charge in [0.15, 0.2) is 5.13 Å². The molecule has 0 spiro atoms. The smallest absolute Gasteiger partial charge is 0.252 e. The summed E-state index contributed by atoms with van der Waals surface area (Å²) in [6, 6.07) is 15.7. The van der Waals surface area contributed by atoms with E-state index in [0.717, 1.165) is 46.3 Å². The third-order valence-electron chi connectivity index (χ3n) is 4.99. The third-order valence-corrected chi connectivity index (χ3v) is 6.05. The van der Waals surface area contributed by atoms with Gasteiger partial charge < -0.3 is 9.64 Å². The highest BCUT2D eigenvalue weighted by atomic mass is 32.1. The Bertz CT molecular complexity index is 965. The normalized spacial score (nSPS) is 11.4. The summed E-state index contributed by atoms with van der Waals surface area (Å²) in [4.78, 5) is 21.1. The van der Waals surface area contributed by atoms with Crippen LogP contribution in [0, 0.1) is 0 Å². The zero-order valence-corrected chi connectivity index (χ0v) is 18.0. The Hall–Kier alpha value is -2.70. The van der Waals surface area contributed by atoms with Crippen molar-refractivity contribution in [3.63, 3.8) is 0 Å². The Morgan fingerprint density at radius 1 is 1.17 bits per heavy atom. The number of nitrogens with one attached hydrogen (secondary N) is 1. The Balaban J connectivity index is 1.87. The first-order valence-corrected chi connectivity index (χ1v) is 10.8. The highest BCUT2D eigenvalue weighted by Gasteiger charge is 2.20. The first kappa shape index (κ1) is 21.0. The number of quaternary nitrogens is 1. The molecule has 0 unspecified atom stereocenters. The Morgan fingerprint density at radius 2 is 1.93 bits per heavy atom. The van der Waals surface area contributed by atoms with Crippen LogP contribution in [0.25, 0.3) is 16.3 Å². The van der Waals surface area contributed by atoms with Crippen LogP contribution in [0.15, 0.2) is 54.6 Å². The molecule has 3 rings (SSSR count). The van der Waals surface area contributed by atoms with Crippen LogP contribution in [0.3, 0.4) is 0 Å². The van der Waals surface area contributed by atoms with Crippen LogP contribution < -0.4 is 14.5 Å². The molecule has 0 radical (unpaired) electrons. The van der Waals surface area contributed by atoms with E-state index in [1.54, 1.807) is 18.1 Å². The molecule has 1 N–H and O–H groups in total. The van der Waals surface area contributed by atoms with E-state index in [1.165, 1.54) is 16.2 Å². The number of hydrogen-bond donors (Lipinski definition) is 1. The number of ether oxygens (including phenoxy) is 1. The monoisotopic (exact) mass is 410 g/mol. The fraction of sp³-hybridized carbons (Fsp3) is 0.304. The molecule has 3 aromatic rings. The van der Waals surface area contributed by atoms with Gasteiger partial charge in [-0.05, 0) is 37.6 Å². The van der Waals surface area contributed by atoms with Gasteiger partial charge >= 0.3 is 0 Å². The zero-order chi connectivity index (χ0) is 20.6. The minimum atomic E-state index is -0.0496. The highest BCUT2D eigenvalue weighted by molar-refractivity contribution is 7.22. The zero-order valence-electron chi connectivity index (χ0n) is 17.2. The second-order valence-corrected chi connectivity index (χ2v) is 7.78. The van der Waals surface area contributed by atoms with Crippen molar-refractivity contribution in [3.05, 3.63) is 60.2 Å². The average molecular weight is 411 g/mol. The van der Waals surface area contributed by atoms with Crippen molar-refractivity contribution in [2.24, 2.45) is 0 Å². The molecule has 0 aliphatic heterocycles. The molecule has 1 amide bonds. The average Bonchev–Trinajstić information content (AvgIpc) is 3.18. The molecule has 0 aliphatic carbocycles. The SMILES string of the molecule is CC[NH+](CC)CCN(C(=O)/C=C/c1ccccc1)c1nc2cc(OC)ccc2s1. The lowest BCUT2D eigenvalue weighted by molar-refractivity contribution is -0.894. The first-order chi connectivity index (χ1) is 14.1. The molecule has 0 saturated carbocycles. The number of fused-ring (bicyclic) bond motifs is 1. The summed E-state index contributed by atoms with van der Waals surface area (Å²) in [5.74, 6) is 0.718. The number of carbonyl (C=O) groups is 1. The fourth-order valence-corrected chi connectivity index (χ4v) is 4.11. The molecule has 29 heavy (non-hydrogen) atoms. The molecule has 6 heteroatoms. The van der Waals surface area contributed by atoms with E-state index in [0.29, 0.717) is 6.54 Å². The molecule has 1 heterocycles. The van der Waals surface area contributed by atoms with Crippen molar-refractivity contribution in [1.82, 2.24) is 4.98 Å². The minimum absolute atomic E-state index is 0.0496. The van der Waals surface area contributed by atoms with E-state index >= 15 is 0 Å². The first-order valence-electron chi connectivity index (χ1n) is 9.97. The van der Waals surface area contributed by atoms with E-state index in [9.17, 15) is 4.79 Å². The number of thiazole rings is 1. The Morgan fingerprint density at radius 3 is 2.62 bits per heavy atom. The third kappa shape index (κ3) is 5.43. The van der Waals surface area contributed by atoms with E-state index in [2.05, 4.69) is 13.8 Å². The number of carbonyl (C=O) groups excluding carboxylic acids is 1. The van der Waals surface area contributed by atoms with E-state index in [4.69, 9.17) is 9.72 Å². The van der Waals surface area contributed by atoms with Gasteiger partial charge in [-0.3, -0.25) is 9.69 Å². The molecular weight excluding hydrogens is 382 g/mol. The van der Waals surface area contributed by atoms with Crippen molar-refractivity contribution < 1.29 is 14.4 Å². The van der Waals surface area contributed by atoms with Crippen LogP contribution in [0.5, 0.6) is 5.75 Å². The number of methoxy groups -OCH3 is 1. The van der Waals surface area contributed by atoms with Crippen molar-refractivity contribution in [2.45, 2.75) is 13.8 Å². The number of aromatic nitrogens is 1. The van der Waals surface area contributed by atoms with Gasteiger partial charge in [-0.1, -0.05) is 41.7 Å². The van der Waals surface area contributed by atoms with E-state index < -0.39 is 0 Å². The molecular formula is C23H28N3O2S+. The summed E-state index contributed by atoms with van der Waals surface area (Å²) in [5.41, 5.74) is 1.86. The van der Waals surface area contributed by atoms with E-state index in [1.807, 2.05) is 54.6 Å². The lowest BCUT2D eigenvalue weighted by Crippen LogP contribution is -3.12. The van der Waals surface area contributed by atoms with Crippen LogP contribution in [-0.2, 0) is 4.79 Å². The number of nitrogens with zero attached hydrogens (tertiary/aromatic N) is 2. The van der Waals surface area contributed by atoms with Crippen molar-refractivity contribution in [1.29, 1.82) is 0 Å². The molecule has 0 atom stereocenters. The summed E-state index contributed by atoms with van der Waals surface area (Å²) in [6.45, 7) is 7.93. The summed E-state index contributed by atoms with van der Waals surface area (Å²) >= 11 is 1.54. The Labute approximate surface area is 176 Å². The van der Waals surface area contributed by atoms with Crippen LogP contribution in [-0.4, -0.2) is 44.2 Å². The maximum absolute atomic E-state index is 13.1. The van der Waals surface area contributed by atoms with E-state index in [-0.39, 0.29) is 5.91 Å². The van der Waals surface area contributed by atoms with Crippen molar-refractivity contribution in [3.8, 4) is 5.75 Å². The highest BCUT2D eigenvalue weighted by Crippen LogP contribution is 2.31. The lowest BCUT2D eigenvalue weighted by Gasteiger charge is -2.22. The largest absolute Gasteiger partial charge is 0.497 e. The van der Waals surface area contributed by atoms with Gasteiger partial charge in [0, 0.05) is 12.1 Å². The quantitative estimate of drug-likeness (QED) is 0.551. The molecule has 0 saturated heterocycles. The second kappa shape index (κ2) is 10.2. The van der Waals surface area contributed by atoms with Gasteiger partial charge in [-0.25, -0.2) is 4.98 Å². The molecule has 2 aromatic carbocycles. The van der Waals surface area contributed by atoms with Crippen LogP contribution >= 0.6 is 11.3 Å². The topological polar surface area (TPSA) is 46.9 Å². The molecule has 0 aliphatic rings. The summed E-state index contributed by atoms with van der Waals surface area (Å²) in [6.07, 6.45) is 3.50. The molecule has 152 valence electrons. The van der Waals surface area contributed by atoms with Crippen LogP contribution in [0.4, 0.5) is 5.13 Å². The minimum Gasteiger partial charge on any atom is -0.497 e. The fourth-order valence-electron chi connectivity index (χ4n) is 3.13. The Kier molecular flexibility index (Phi) is 7.38. The van der Waals surface area contributed by atoms with Gasteiger partial charge in [0.2, 0.25) is 0 Å². The number of anilines is 1. The maximum atomic E-state index is 13.1. The number of amides is 1. The molecule has 0 fully saturated rings. The number of benzene rings is 2. The molecule has 1 aromatic heterocycles. The van der Waals surface area contributed by atoms with Gasteiger partial charge in [-0.15, -0.1) is 0 Å². The summed E-state index contributed by atoms with van der Waals surface area (Å²) < 4.78 is 6.35.